The van der Waals surface area contributed by atoms with E-state index in [9.17, 15) is 0 Å². The molecule has 5 nitrogen and oxygen atoms in total. The SMILES string of the molecule is CCNC(=NCc1cccc(Cn2ccnc2)c1)NCC1CCCS1.I. The molecule has 0 spiro atoms. The number of thioether (sulfide) groups is 1. The van der Waals surface area contributed by atoms with E-state index in [-0.39, 0.29) is 24.0 Å². The molecule has 1 fully saturated rings. The molecule has 0 bridgehead atoms. The van der Waals surface area contributed by atoms with Crippen molar-refractivity contribution < 1.29 is 0 Å². The maximum Gasteiger partial charge on any atom is 0.191 e. The molecule has 0 amide bonds. The lowest BCUT2D eigenvalue weighted by Gasteiger charge is -2.14. The Morgan fingerprint density at radius 3 is 2.96 bits per heavy atom. The fraction of sp³-hybridized carbons (Fsp3) is 0.474. The molecule has 3 rings (SSSR count). The van der Waals surface area contributed by atoms with Crippen molar-refractivity contribution in [3.8, 4) is 0 Å². The fourth-order valence-corrected chi connectivity index (χ4v) is 4.15. The largest absolute Gasteiger partial charge is 0.357 e. The molecule has 142 valence electrons. The van der Waals surface area contributed by atoms with Gasteiger partial charge in [0, 0.05) is 37.3 Å². The molecule has 1 atom stereocenters. The number of guanidine groups is 1. The van der Waals surface area contributed by atoms with Gasteiger partial charge in [-0.05, 0) is 36.6 Å². The molecule has 1 aromatic heterocycles. The van der Waals surface area contributed by atoms with Crippen LogP contribution in [0.2, 0.25) is 0 Å². The third-order valence-electron chi connectivity index (χ3n) is 4.20. The van der Waals surface area contributed by atoms with Crippen molar-refractivity contribution in [3.05, 3.63) is 54.1 Å². The number of nitrogens with zero attached hydrogens (tertiary/aromatic N) is 3. The van der Waals surface area contributed by atoms with Gasteiger partial charge in [0.1, 0.15) is 0 Å². The molecule has 7 heteroatoms. The fourth-order valence-electron chi connectivity index (χ4n) is 2.95. The van der Waals surface area contributed by atoms with E-state index in [0.717, 1.165) is 30.8 Å². The summed E-state index contributed by atoms with van der Waals surface area (Å²) in [6.45, 7) is 5.51. The Labute approximate surface area is 177 Å². The number of hydrogen-bond donors (Lipinski definition) is 2. The van der Waals surface area contributed by atoms with Gasteiger partial charge in [0.15, 0.2) is 5.96 Å². The minimum Gasteiger partial charge on any atom is -0.357 e. The van der Waals surface area contributed by atoms with Gasteiger partial charge in [0.25, 0.3) is 0 Å². The second-order valence-corrected chi connectivity index (χ2v) is 7.67. The van der Waals surface area contributed by atoms with E-state index in [4.69, 9.17) is 4.99 Å². The Bertz CT molecular complexity index is 668. The molecule has 0 saturated carbocycles. The second kappa shape index (κ2) is 11.5. The van der Waals surface area contributed by atoms with Gasteiger partial charge in [-0.25, -0.2) is 9.98 Å². The number of rotatable bonds is 7. The monoisotopic (exact) mass is 485 g/mol. The lowest BCUT2D eigenvalue weighted by atomic mass is 10.1. The highest BCUT2D eigenvalue weighted by Gasteiger charge is 2.15. The Morgan fingerprint density at radius 1 is 1.35 bits per heavy atom. The van der Waals surface area contributed by atoms with E-state index in [2.05, 4.69) is 63.1 Å². The van der Waals surface area contributed by atoms with Gasteiger partial charge in [-0.2, -0.15) is 11.8 Å². The summed E-state index contributed by atoms with van der Waals surface area (Å²) in [5, 5.41) is 7.56. The third kappa shape index (κ3) is 6.83. The normalized spacial score (nSPS) is 17.0. The van der Waals surface area contributed by atoms with Crippen molar-refractivity contribution in [2.24, 2.45) is 4.99 Å². The number of hydrogen-bond acceptors (Lipinski definition) is 3. The molecule has 1 unspecified atom stereocenters. The highest BCUT2D eigenvalue weighted by molar-refractivity contribution is 14.0. The van der Waals surface area contributed by atoms with Gasteiger partial charge in [-0.15, -0.1) is 24.0 Å². The summed E-state index contributed by atoms with van der Waals surface area (Å²) >= 11 is 2.07. The zero-order valence-corrected chi connectivity index (χ0v) is 18.4. The lowest BCUT2D eigenvalue weighted by molar-refractivity contribution is 0.727. The van der Waals surface area contributed by atoms with Gasteiger partial charge in [0.2, 0.25) is 0 Å². The Morgan fingerprint density at radius 2 is 2.23 bits per heavy atom. The van der Waals surface area contributed by atoms with E-state index in [1.165, 1.54) is 29.7 Å². The molecule has 1 aromatic carbocycles. The van der Waals surface area contributed by atoms with Crippen LogP contribution in [0.1, 0.15) is 30.9 Å². The number of halogens is 1. The van der Waals surface area contributed by atoms with Crippen molar-refractivity contribution in [2.75, 3.05) is 18.8 Å². The summed E-state index contributed by atoms with van der Waals surface area (Å²) in [5.74, 6) is 2.21. The van der Waals surface area contributed by atoms with Crippen LogP contribution in [0.3, 0.4) is 0 Å². The van der Waals surface area contributed by atoms with Crippen molar-refractivity contribution in [3.63, 3.8) is 0 Å². The summed E-state index contributed by atoms with van der Waals surface area (Å²) in [6, 6.07) is 8.61. The molecule has 2 N–H and O–H groups in total. The zero-order valence-electron chi connectivity index (χ0n) is 15.2. The minimum atomic E-state index is 0. The maximum absolute atomic E-state index is 4.75. The zero-order chi connectivity index (χ0) is 17.3. The molecular weight excluding hydrogens is 457 g/mol. The molecule has 1 aliphatic heterocycles. The van der Waals surface area contributed by atoms with Crippen LogP contribution >= 0.6 is 35.7 Å². The molecule has 2 aromatic rings. The first kappa shape index (κ1) is 21.1. The average Bonchev–Trinajstić information content (AvgIpc) is 3.31. The molecule has 1 aliphatic rings. The van der Waals surface area contributed by atoms with Crippen LogP contribution in [-0.2, 0) is 13.1 Å². The Balaban J connectivity index is 0.00000243. The number of imidazole rings is 1. The summed E-state index contributed by atoms with van der Waals surface area (Å²) < 4.78 is 2.08. The second-order valence-electron chi connectivity index (χ2n) is 6.27. The predicted octanol–water partition coefficient (Wildman–Crippen LogP) is 3.50. The summed E-state index contributed by atoms with van der Waals surface area (Å²) in [6.07, 6.45) is 8.30. The molecule has 1 saturated heterocycles. The smallest absolute Gasteiger partial charge is 0.191 e. The van der Waals surface area contributed by atoms with E-state index in [1.807, 2.05) is 18.7 Å². The van der Waals surface area contributed by atoms with Gasteiger partial charge >= 0.3 is 0 Å². The van der Waals surface area contributed by atoms with Crippen LogP contribution < -0.4 is 10.6 Å². The molecular formula is C19H28IN5S. The number of nitrogens with one attached hydrogen (secondary N) is 2. The minimum absolute atomic E-state index is 0. The van der Waals surface area contributed by atoms with Crippen molar-refractivity contribution in [2.45, 2.75) is 38.1 Å². The van der Waals surface area contributed by atoms with Gasteiger partial charge < -0.3 is 15.2 Å². The van der Waals surface area contributed by atoms with Crippen LogP contribution in [0.25, 0.3) is 0 Å². The quantitative estimate of drug-likeness (QED) is 0.358. The van der Waals surface area contributed by atoms with Gasteiger partial charge in [-0.1, -0.05) is 24.3 Å². The van der Waals surface area contributed by atoms with E-state index >= 15 is 0 Å². The first-order valence-corrected chi connectivity index (χ1v) is 10.1. The van der Waals surface area contributed by atoms with Crippen molar-refractivity contribution in [1.29, 1.82) is 0 Å². The Hall–Kier alpha value is -1.22. The van der Waals surface area contributed by atoms with Crippen LogP contribution in [0.15, 0.2) is 48.0 Å². The molecule has 26 heavy (non-hydrogen) atoms. The first-order chi connectivity index (χ1) is 12.3. The first-order valence-electron chi connectivity index (χ1n) is 9.01. The summed E-state index contributed by atoms with van der Waals surface area (Å²) in [7, 11) is 0. The third-order valence-corrected chi connectivity index (χ3v) is 5.60. The van der Waals surface area contributed by atoms with E-state index in [0.29, 0.717) is 6.54 Å². The van der Waals surface area contributed by atoms with Crippen LogP contribution in [0.4, 0.5) is 0 Å². The highest BCUT2D eigenvalue weighted by Crippen LogP contribution is 2.25. The van der Waals surface area contributed by atoms with Gasteiger partial charge in [-0.3, -0.25) is 0 Å². The predicted molar refractivity (Wildman–Crippen MR) is 121 cm³/mol. The molecule has 0 aliphatic carbocycles. The average molecular weight is 485 g/mol. The summed E-state index contributed by atoms with van der Waals surface area (Å²) in [5.41, 5.74) is 2.50. The van der Waals surface area contributed by atoms with Crippen molar-refractivity contribution >= 4 is 41.7 Å². The maximum atomic E-state index is 4.75. The van der Waals surface area contributed by atoms with Crippen LogP contribution in [-0.4, -0.2) is 39.6 Å². The molecule has 2 heterocycles. The summed E-state index contributed by atoms with van der Waals surface area (Å²) in [4.78, 5) is 8.85. The molecule has 0 radical (unpaired) electrons. The number of aromatic nitrogens is 2. The number of benzene rings is 1. The van der Waals surface area contributed by atoms with Crippen LogP contribution in [0.5, 0.6) is 0 Å². The number of aliphatic imine (C=N–C) groups is 1. The Kier molecular flexibility index (Phi) is 9.31. The highest BCUT2D eigenvalue weighted by atomic mass is 127. The van der Waals surface area contributed by atoms with E-state index in [1.54, 1.807) is 0 Å². The van der Waals surface area contributed by atoms with E-state index < -0.39 is 0 Å². The van der Waals surface area contributed by atoms with Crippen LogP contribution in [0, 0.1) is 0 Å². The topological polar surface area (TPSA) is 54.2 Å². The van der Waals surface area contributed by atoms with Gasteiger partial charge in [0.05, 0.1) is 12.9 Å². The van der Waals surface area contributed by atoms with Crippen molar-refractivity contribution in [1.82, 2.24) is 20.2 Å². The standard InChI is InChI=1S/C19H27N5S.HI/c1-2-21-19(23-13-18-7-4-10-25-18)22-12-16-5-3-6-17(11-16)14-24-9-8-20-15-24;/h3,5-6,8-9,11,15,18H,2,4,7,10,12-14H2,1H3,(H2,21,22,23);1H. The lowest BCUT2D eigenvalue weighted by Crippen LogP contribution is -2.40.